The van der Waals surface area contributed by atoms with Gasteiger partial charge in [0.15, 0.2) is 6.10 Å². The Morgan fingerprint density at radius 2 is 1.04 bits per heavy atom. The summed E-state index contributed by atoms with van der Waals surface area (Å²) in [6, 6.07) is 25.4. The minimum absolute atomic E-state index is 0.0475. The Bertz CT molecular complexity index is 1400. The van der Waals surface area contributed by atoms with E-state index in [1.807, 2.05) is 54.6 Å². The third kappa shape index (κ3) is 9.61. The molecule has 2 saturated carbocycles. The molecule has 4 nitrogen and oxygen atoms in total. The van der Waals surface area contributed by atoms with E-state index in [4.69, 9.17) is 9.47 Å². The van der Waals surface area contributed by atoms with Crippen LogP contribution in [0.25, 0.3) is 0 Å². The van der Waals surface area contributed by atoms with E-state index in [9.17, 15) is 9.59 Å². The maximum atomic E-state index is 13.3. The first-order valence-corrected chi connectivity index (χ1v) is 19.0. The van der Waals surface area contributed by atoms with Gasteiger partial charge in [-0.05, 0) is 128 Å². The predicted molar refractivity (Wildman–Crippen MR) is 195 cm³/mol. The maximum absolute atomic E-state index is 13.3. The molecule has 0 amide bonds. The Morgan fingerprint density at radius 1 is 0.604 bits per heavy atom. The molecule has 0 radical (unpaired) electrons. The first kappa shape index (κ1) is 35.9. The molecule has 0 aromatic heterocycles. The van der Waals surface area contributed by atoms with Gasteiger partial charge in [0.2, 0.25) is 0 Å². The molecule has 2 aliphatic rings. The standard InChI is InChI=1S/C44H58O4/c1-5-10-31(3)33-14-18-35(19-15-33)37-22-26-40(27-23-37)43(45)47-30-42(39-12-8-7-9-13-39)48-44(46)41-28-24-38(25-29-41)36-20-16-34(17-21-36)32(4)11-6-2/h7-9,12-13,22-29,31-36,42H,5-6,10-11,14-21,30H2,1-4H3/t31?,32?,33?,34?,35?,36?,42-/m0/s1. The van der Waals surface area contributed by atoms with Gasteiger partial charge >= 0.3 is 11.9 Å². The zero-order valence-electron chi connectivity index (χ0n) is 29.9. The van der Waals surface area contributed by atoms with E-state index in [1.54, 1.807) is 0 Å². The van der Waals surface area contributed by atoms with Crippen molar-refractivity contribution in [2.75, 3.05) is 6.61 Å². The Balaban J connectivity index is 1.14. The smallest absolute Gasteiger partial charge is 0.338 e. The van der Waals surface area contributed by atoms with Gasteiger partial charge in [0.1, 0.15) is 6.61 Å². The number of hydrogen-bond acceptors (Lipinski definition) is 4. The van der Waals surface area contributed by atoms with Gasteiger partial charge in [-0.2, -0.15) is 0 Å². The summed E-state index contributed by atoms with van der Waals surface area (Å²) in [5.41, 5.74) is 4.45. The van der Waals surface area contributed by atoms with Crippen LogP contribution in [0.2, 0.25) is 0 Å². The summed E-state index contributed by atoms with van der Waals surface area (Å²) in [5.74, 6) is 3.61. The van der Waals surface area contributed by atoms with Crippen LogP contribution in [0.5, 0.6) is 0 Å². The number of ether oxygens (including phenoxy) is 2. The molecule has 2 fully saturated rings. The Hall–Kier alpha value is -3.40. The van der Waals surface area contributed by atoms with Crippen molar-refractivity contribution >= 4 is 11.9 Å². The summed E-state index contributed by atoms with van der Waals surface area (Å²) in [5, 5.41) is 0. The van der Waals surface area contributed by atoms with Crippen molar-refractivity contribution in [3.63, 3.8) is 0 Å². The first-order chi connectivity index (χ1) is 23.4. The fraction of sp³-hybridized carbons (Fsp3) is 0.545. The molecule has 48 heavy (non-hydrogen) atoms. The second kappa shape index (κ2) is 17.8. The molecule has 2 aliphatic carbocycles. The molecule has 0 aliphatic heterocycles. The third-order valence-electron chi connectivity index (χ3n) is 11.7. The van der Waals surface area contributed by atoms with Crippen LogP contribution in [0.15, 0.2) is 78.9 Å². The molecule has 5 rings (SSSR count). The van der Waals surface area contributed by atoms with Crippen molar-refractivity contribution in [3.8, 4) is 0 Å². The van der Waals surface area contributed by atoms with Crippen LogP contribution in [0.4, 0.5) is 0 Å². The number of benzene rings is 3. The molecule has 2 unspecified atom stereocenters. The Kier molecular flexibility index (Phi) is 13.3. The van der Waals surface area contributed by atoms with E-state index in [1.165, 1.54) is 88.2 Å². The molecule has 4 heteroatoms. The first-order valence-electron chi connectivity index (χ1n) is 19.0. The highest BCUT2D eigenvalue weighted by molar-refractivity contribution is 5.90. The van der Waals surface area contributed by atoms with Crippen molar-refractivity contribution in [2.24, 2.45) is 23.7 Å². The summed E-state index contributed by atoms with van der Waals surface area (Å²) >= 11 is 0. The molecule has 0 spiro atoms. The van der Waals surface area contributed by atoms with Gasteiger partial charge in [-0.1, -0.05) is 108 Å². The van der Waals surface area contributed by atoms with Gasteiger partial charge in [-0.15, -0.1) is 0 Å². The monoisotopic (exact) mass is 650 g/mol. The molecule has 0 bridgehead atoms. The van der Waals surface area contributed by atoms with Crippen LogP contribution in [0, 0.1) is 23.7 Å². The number of rotatable bonds is 14. The Morgan fingerprint density at radius 3 is 1.48 bits per heavy atom. The van der Waals surface area contributed by atoms with Crippen LogP contribution in [-0.4, -0.2) is 18.5 Å². The lowest BCUT2D eigenvalue weighted by Crippen LogP contribution is -2.20. The van der Waals surface area contributed by atoms with Gasteiger partial charge in [-0.3, -0.25) is 0 Å². The average Bonchev–Trinajstić information content (AvgIpc) is 3.14. The quantitative estimate of drug-likeness (QED) is 0.163. The second-order valence-corrected chi connectivity index (χ2v) is 14.9. The summed E-state index contributed by atoms with van der Waals surface area (Å²) < 4.78 is 11.7. The van der Waals surface area contributed by atoms with Crippen LogP contribution < -0.4 is 0 Å². The minimum Gasteiger partial charge on any atom is -0.458 e. The molecule has 3 aromatic carbocycles. The fourth-order valence-electron chi connectivity index (χ4n) is 8.51. The second-order valence-electron chi connectivity index (χ2n) is 14.9. The molecule has 0 heterocycles. The van der Waals surface area contributed by atoms with E-state index >= 15 is 0 Å². The molecule has 0 saturated heterocycles. The summed E-state index contributed by atoms with van der Waals surface area (Å²) in [7, 11) is 0. The maximum Gasteiger partial charge on any atom is 0.338 e. The highest BCUT2D eigenvalue weighted by Gasteiger charge is 2.28. The third-order valence-corrected chi connectivity index (χ3v) is 11.7. The summed E-state index contributed by atoms with van der Waals surface area (Å²) in [6.45, 7) is 9.34. The average molecular weight is 651 g/mol. The van der Waals surface area contributed by atoms with E-state index in [2.05, 4.69) is 52.0 Å². The van der Waals surface area contributed by atoms with Crippen molar-refractivity contribution in [1.82, 2.24) is 0 Å². The van der Waals surface area contributed by atoms with Crippen molar-refractivity contribution in [3.05, 3.63) is 107 Å². The summed E-state index contributed by atoms with van der Waals surface area (Å²) in [4.78, 5) is 26.4. The van der Waals surface area contributed by atoms with Gasteiger partial charge in [0.05, 0.1) is 11.1 Å². The number of carbonyl (C=O) groups is 2. The zero-order chi connectivity index (χ0) is 33.9. The van der Waals surface area contributed by atoms with Crippen molar-refractivity contribution in [2.45, 2.75) is 123 Å². The normalized spacial score (nSPS) is 23.1. The predicted octanol–water partition coefficient (Wildman–Crippen LogP) is 11.9. The summed E-state index contributed by atoms with van der Waals surface area (Å²) in [6.07, 6.45) is 14.5. The van der Waals surface area contributed by atoms with Crippen molar-refractivity contribution in [1.29, 1.82) is 0 Å². The van der Waals surface area contributed by atoms with Crippen molar-refractivity contribution < 1.29 is 19.1 Å². The lowest BCUT2D eigenvalue weighted by atomic mass is 9.73. The molecule has 258 valence electrons. The van der Waals surface area contributed by atoms with E-state index in [-0.39, 0.29) is 6.61 Å². The van der Waals surface area contributed by atoms with E-state index in [0.717, 1.165) is 29.2 Å². The fourth-order valence-corrected chi connectivity index (χ4v) is 8.51. The van der Waals surface area contributed by atoms with Crippen LogP contribution in [-0.2, 0) is 9.47 Å². The van der Waals surface area contributed by atoms with Crippen LogP contribution in [0.3, 0.4) is 0 Å². The van der Waals surface area contributed by atoms with E-state index in [0.29, 0.717) is 23.0 Å². The molecule has 3 atom stereocenters. The molecule has 0 N–H and O–H groups in total. The highest BCUT2D eigenvalue weighted by atomic mass is 16.6. The molecular formula is C44H58O4. The number of hydrogen-bond donors (Lipinski definition) is 0. The van der Waals surface area contributed by atoms with Gasteiger partial charge in [0, 0.05) is 0 Å². The SMILES string of the molecule is CCCC(C)C1CCC(c2ccc(C(=O)OC[C@H](OC(=O)c3ccc(C4CCC(C(C)CCC)CC4)cc3)c3ccccc3)cc2)CC1. The van der Waals surface area contributed by atoms with Crippen LogP contribution >= 0.6 is 0 Å². The highest BCUT2D eigenvalue weighted by Crippen LogP contribution is 2.41. The number of carbonyl (C=O) groups excluding carboxylic acids is 2. The lowest BCUT2D eigenvalue weighted by molar-refractivity contribution is -0.00134. The van der Waals surface area contributed by atoms with Crippen LogP contribution in [0.1, 0.15) is 160 Å². The molecule has 3 aromatic rings. The van der Waals surface area contributed by atoms with Gasteiger partial charge < -0.3 is 9.47 Å². The largest absolute Gasteiger partial charge is 0.458 e. The van der Waals surface area contributed by atoms with Gasteiger partial charge in [-0.25, -0.2) is 9.59 Å². The topological polar surface area (TPSA) is 52.6 Å². The van der Waals surface area contributed by atoms with E-state index < -0.39 is 18.0 Å². The molecular weight excluding hydrogens is 592 g/mol. The zero-order valence-corrected chi connectivity index (χ0v) is 29.9. The van der Waals surface area contributed by atoms with Gasteiger partial charge in [0.25, 0.3) is 0 Å². The minimum atomic E-state index is -0.702. The Labute approximate surface area is 290 Å². The number of esters is 2. The lowest BCUT2D eigenvalue weighted by Gasteiger charge is -2.32.